The highest BCUT2D eigenvalue weighted by Crippen LogP contribution is 2.42. The monoisotopic (exact) mass is 252 g/mol. The van der Waals surface area contributed by atoms with Crippen LogP contribution in [0.5, 0.6) is 0 Å². The average Bonchev–Trinajstić information content (AvgIpc) is 2.29. The van der Waals surface area contributed by atoms with E-state index in [9.17, 15) is 5.11 Å². The number of benzene rings is 1. The Morgan fingerprint density at radius 2 is 1.94 bits per heavy atom. The first-order valence-electron chi connectivity index (χ1n) is 6.50. The fourth-order valence-electron chi connectivity index (χ4n) is 2.85. The van der Waals surface area contributed by atoms with E-state index in [0.717, 1.165) is 43.1 Å². The number of halogens is 1. The van der Waals surface area contributed by atoms with Gasteiger partial charge in [0.1, 0.15) is 0 Å². The van der Waals surface area contributed by atoms with Gasteiger partial charge in [-0.1, -0.05) is 37.6 Å². The summed E-state index contributed by atoms with van der Waals surface area (Å²) in [6.45, 7) is 4.54. The van der Waals surface area contributed by atoms with Gasteiger partial charge in [0.05, 0.1) is 5.60 Å². The molecule has 0 saturated heterocycles. The number of rotatable bonds is 2. The van der Waals surface area contributed by atoms with Gasteiger partial charge in [-0.25, -0.2) is 0 Å². The van der Waals surface area contributed by atoms with Crippen molar-refractivity contribution in [3.05, 3.63) is 34.9 Å². The van der Waals surface area contributed by atoms with Crippen LogP contribution in [0.4, 0.5) is 0 Å². The minimum atomic E-state index is -0.656. The lowest BCUT2D eigenvalue weighted by Crippen LogP contribution is -2.32. The molecule has 0 atom stereocenters. The Labute approximate surface area is 109 Å². The summed E-state index contributed by atoms with van der Waals surface area (Å²) in [5, 5.41) is 11.4. The average molecular weight is 253 g/mol. The Kier molecular flexibility index (Phi) is 3.79. The Bertz CT molecular complexity index is 378. The molecule has 1 aromatic carbocycles. The summed E-state index contributed by atoms with van der Waals surface area (Å²) in [5.74, 6) is 1.48. The van der Waals surface area contributed by atoms with Gasteiger partial charge in [0.2, 0.25) is 0 Å². The Morgan fingerprint density at radius 3 is 2.47 bits per heavy atom. The summed E-state index contributed by atoms with van der Waals surface area (Å²) >= 11 is 5.99. The van der Waals surface area contributed by atoms with Crippen molar-refractivity contribution >= 4 is 11.6 Å². The summed E-state index contributed by atoms with van der Waals surface area (Å²) in [6, 6.07) is 7.66. The molecule has 1 fully saturated rings. The quantitative estimate of drug-likeness (QED) is 0.829. The summed E-state index contributed by atoms with van der Waals surface area (Å²) in [4.78, 5) is 0. The first-order chi connectivity index (χ1) is 8.01. The second-order valence-electron chi connectivity index (χ2n) is 5.62. The van der Waals surface area contributed by atoms with Crippen LogP contribution < -0.4 is 0 Å². The topological polar surface area (TPSA) is 20.2 Å². The second kappa shape index (κ2) is 4.99. The van der Waals surface area contributed by atoms with Crippen molar-refractivity contribution in [2.45, 2.75) is 45.1 Å². The number of hydrogen-bond donors (Lipinski definition) is 1. The first kappa shape index (κ1) is 12.9. The second-order valence-corrected chi connectivity index (χ2v) is 6.06. The van der Waals surface area contributed by atoms with E-state index in [4.69, 9.17) is 11.6 Å². The summed E-state index contributed by atoms with van der Waals surface area (Å²) in [6.07, 6.45) is 3.94. The molecule has 0 bridgehead atoms. The van der Waals surface area contributed by atoms with Crippen molar-refractivity contribution in [1.82, 2.24) is 0 Å². The van der Waals surface area contributed by atoms with Gasteiger partial charge in [-0.2, -0.15) is 0 Å². The number of aliphatic hydroxyl groups is 1. The third kappa shape index (κ3) is 2.83. The predicted octanol–water partition coefficient (Wildman–Crippen LogP) is 4.37. The van der Waals surface area contributed by atoms with Crippen molar-refractivity contribution in [2.75, 3.05) is 0 Å². The molecule has 2 heteroatoms. The van der Waals surface area contributed by atoms with Gasteiger partial charge in [-0.3, -0.25) is 0 Å². The fourth-order valence-corrected chi connectivity index (χ4v) is 3.04. The summed E-state index contributed by atoms with van der Waals surface area (Å²) in [5.41, 5.74) is 0.322. The molecule has 17 heavy (non-hydrogen) atoms. The van der Waals surface area contributed by atoms with Gasteiger partial charge in [-0.15, -0.1) is 0 Å². The molecule has 0 amide bonds. The molecule has 0 aliphatic heterocycles. The molecule has 0 radical (unpaired) electrons. The molecule has 0 heterocycles. The van der Waals surface area contributed by atoms with Gasteiger partial charge in [0.25, 0.3) is 0 Å². The van der Waals surface area contributed by atoms with E-state index in [1.165, 1.54) is 0 Å². The standard InChI is InChI=1S/C15H21ClO/c1-11(2)12-6-8-15(17,9-7-12)13-4-3-5-14(16)10-13/h3-5,10-12,17H,6-9H2,1-2H3. The molecule has 1 aliphatic rings. The first-order valence-corrected chi connectivity index (χ1v) is 6.87. The highest BCUT2D eigenvalue weighted by atomic mass is 35.5. The zero-order chi connectivity index (χ0) is 12.5. The Morgan fingerprint density at radius 1 is 1.29 bits per heavy atom. The predicted molar refractivity (Wildman–Crippen MR) is 72.1 cm³/mol. The van der Waals surface area contributed by atoms with E-state index in [1.807, 2.05) is 24.3 Å². The third-order valence-corrected chi connectivity index (χ3v) is 4.40. The molecule has 1 nitrogen and oxygen atoms in total. The maximum absolute atomic E-state index is 10.7. The van der Waals surface area contributed by atoms with E-state index in [-0.39, 0.29) is 0 Å². The van der Waals surface area contributed by atoms with Crippen LogP contribution in [-0.2, 0) is 5.60 Å². The van der Waals surface area contributed by atoms with Gasteiger partial charge >= 0.3 is 0 Å². The molecular weight excluding hydrogens is 232 g/mol. The molecule has 2 rings (SSSR count). The van der Waals surface area contributed by atoms with Gasteiger partial charge < -0.3 is 5.11 Å². The third-order valence-electron chi connectivity index (χ3n) is 4.16. The van der Waals surface area contributed by atoms with Crippen molar-refractivity contribution < 1.29 is 5.11 Å². The van der Waals surface area contributed by atoms with Crippen LogP contribution in [0.2, 0.25) is 5.02 Å². The zero-order valence-electron chi connectivity index (χ0n) is 10.6. The van der Waals surface area contributed by atoms with Gasteiger partial charge in [0.15, 0.2) is 0 Å². The molecule has 1 aliphatic carbocycles. The summed E-state index contributed by atoms with van der Waals surface area (Å²) < 4.78 is 0. The molecular formula is C15H21ClO. The van der Waals surface area contributed by atoms with Crippen molar-refractivity contribution in [3.63, 3.8) is 0 Å². The van der Waals surface area contributed by atoms with Crippen molar-refractivity contribution in [3.8, 4) is 0 Å². The van der Waals surface area contributed by atoms with Crippen LogP contribution in [0.1, 0.15) is 45.1 Å². The maximum atomic E-state index is 10.7. The van der Waals surface area contributed by atoms with Crippen LogP contribution in [0, 0.1) is 11.8 Å². The van der Waals surface area contributed by atoms with Crippen LogP contribution in [0.15, 0.2) is 24.3 Å². The Balaban J connectivity index is 2.12. The normalized spacial score (nSPS) is 29.6. The lowest BCUT2D eigenvalue weighted by Gasteiger charge is -2.38. The van der Waals surface area contributed by atoms with Crippen LogP contribution in [0.3, 0.4) is 0 Å². The fraction of sp³-hybridized carbons (Fsp3) is 0.600. The van der Waals surface area contributed by atoms with E-state index >= 15 is 0 Å². The van der Waals surface area contributed by atoms with E-state index in [2.05, 4.69) is 13.8 Å². The van der Waals surface area contributed by atoms with Crippen LogP contribution in [0.25, 0.3) is 0 Å². The Hall–Kier alpha value is -0.530. The number of hydrogen-bond acceptors (Lipinski definition) is 1. The largest absolute Gasteiger partial charge is 0.385 e. The van der Waals surface area contributed by atoms with E-state index < -0.39 is 5.60 Å². The highest BCUT2D eigenvalue weighted by molar-refractivity contribution is 6.30. The van der Waals surface area contributed by atoms with Crippen molar-refractivity contribution in [2.24, 2.45) is 11.8 Å². The molecule has 1 N–H and O–H groups in total. The minimum Gasteiger partial charge on any atom is -0.385 e. The van der Waals surface area contributed by atoms with E-state index in [0.29, 0.717) is 5.02 Å². The molecule has 0 aromatic heterocycles. The van der Waals surface area contributed by atoms with E-state index in [1.54, 1.807) is 0 Å². The van der Waals surface area contributed by atoms with Gasteiger partial charge in [-0.05, 0) is 55.2 Å². The maximum Gasteiger partial charge on any atom is 0.0897 e. The molecule has 1 saturated carbocycles. The van der Waals surface area contributed by atoms with Crippen molar-refractivity contribution in [1.29, 1.82) is 0 Å². The molecule has 1 aromatic rings. The summed E-state index contributed by atoms with van der Waals surface area (Å²) in [7, 11) is 0. The van der Waals surface area contributed by atoms with Crippen LogP contribution in [-0.4, -0.2) is 5.11 Å². The molecule has 94 valence electrons. The smallest absolute Gasteiger partial charge is 0.0897 e. The lowest BCUT2D eigenvalue weighted by atomic mass is 9.72. The van der Waals surface area contributed by atoms with Gasteiger partial charge in [0, 0.05) is 5.02 Å². The molecule has 0 spiro atoms. The SMILES string of the molecule is CC(C)C1CCC(O)(c2cccc(Cl)c2)CC1. The zero-order valence-corrected chi connectivity index (χ0v) is 11.4. The lowest BCUT2D eigenvalue weighted by molar-refractivity contribution is -0.0199. The highest BCUT2D eigenvalue weighted by Gasteiger charge is 2.35. The molecule has 0 unspecified atom stereocenters. The minimum absolute atomic E-state index is 0.656. The van der Waals surface area contributed by atoms with Crippen LogP contribution >= 0.6 is 11.6 Å².